The van der Waals surface area contributed by atoms with E-state index in [1.165, 1.54) is 38.1 Å². The summed E-state index contributed by atoms with van der Waals surface area (Å²) in [5, 5.41) is 1.96. The summed E-state index contributed by atoms with van der Waals surface area (Å²) in [4.78, 5) is 12.5. The third-order valence-electron chi connectivity index (χ3n) is 4.96. The van der Waals surface area contributed by atoms with Crippen LogP contribution in [0.25, 0.3) is 6.08 Å². The van der Waals surface area contributed by atoms with Crippen molar-refractivity contribution < 1.29 is 39.6 Å². The molecular weight excluding hydrogens is 591 g/mol. The van der Waals surface area contributed by atoms with E-state index in [2.05, 4.69) is 5.32 Å². The Kier molecular flexibility index (Phi) is 10.0. The Morgan fingerprint density at radius 3 is 2.08 bits per heavy atom. The number of sulfone groups is 1. The van der Waals surface area contributed by atoms with Gasteiger partial charge in [0.1, 0.15) is 5.75 Å². The SMILES string of the molecule is Cc1cc(/C=C/C(c2cc(Cl)c(Cl)c(Cl)c2)C(F)(F)F)ccc1C(=O)NC(C)CS(=O)(=O)CC(F)(F)F. The zero-order chi connectivity index (χ0) is 28.3. The van der Waals surface area contributed by atoms with Crippen molar-refractivity contribution >= 4 is 56.6 Å². The highest BCUT2D eigenvalue weighted by Crippen LogP contribution is 2.41. The Bertz CT molecular complexity index is 1270. The lowest BCUT2D eigenvalue weighted by Crippen LogP contribution is -2.39. The Balaban J connectivity index is 2.21. The predicted octanol–water partition coefficient (Wildman–Crippen LogP) is 7.41. The molecule has 0 saturated carbocycles. The number of halogens is 9. The van der Waals surface area contributed by atoms with Gasteiger partial charge in [-0.25, -0.2) is 8.42 Å². The van der Waals surface area contributed by atoms with Crippen LogP contribution in [0.1, 0.15) is 39.9 Å². The van der Waals surface area contributed by atoms with E-state index in [0.29, 0.717) is 11.1 Å². The van der Waals surface area contributed by atoms with Crippen molar-refractivity contribution in [2.24, 2.45) is 0 Å². The monoisotopic (exact) mass is 609 g/mol. The van der Waals surface area contributed by atoms with E-state index in [1.54, 1.807) is 0 Å². The standard InChI is InChI=1S/C23H20Cl3F6NO3S/c1-12-7-14(4-6-17(23(30,31)32)15-8-18(24)20(26)19(25)9-15)3-5-16(12)21(34)33-13(2)10-37(35,36)11-22(27,28)29/h3-9,13,17H,10-11H2,1-2H3,(H,33,34)/b6-4+. The summed E-state index contributed by atoms with van der Waals surface area (Å²) in [6, 6.07) is 5.09. The highest BCUT2D eigenvalue weighted by molar-refractivity contribution is 7.91. The average Bonchev–Trinajstić information content (AvgIpc) is 2.68. The second-order valence-corrected chi connectivity index (χ2v) is 11.6. The molecule has 4 nitrogen and oxygen atoms in total. The largest absolute Gasteiger partial charge is 0.402 e. The zero-order valence-electron chi connectivity index (χ0n) is 19.1. The molecule has 0 aliphatic rings. The number of carbonyl (C=O) groups excluding carboxylic acids is 1. The molecule has 204 valence electrons. The van der Waals surface area contributed by atoms with E-state index in [4.69, 9.17) is 34.8 Å². The molecule has 2 atom stereocenters. The topological polar surface area (TPSA) is 63.2 Å². The van der Waals surface area contributed by atoms with Gasteiger partial charge in [-0.05, 0) is 48.7 Å². The lowest BCUT2D eigenvalue weighted by molar-refractivity contribution is -0.139. The van der Waals surface area contributed by atoms with Gasteiger partial charge < -0.3 is 5.32 Å². The molecule has 0 aliphatic carbocycles. The van der Waals surface area contributed by atoms with E-state index < -0.39 is 51.6 Å². The first kappa shape index (κ1) is 31.3. The normalized spacial score (nSPS) is 14.6. The van der Waals surface area contributed by atoms with Crippen molar-refractivity contribution in [1.29, 1.82) is 0 Å². The Hall–Kier alpha value is -1.95. The molecule has 0 saturated heterocycles. The molecule has 2 aromatic carbocycles. The van der Waals surface area contributed by atoms with Crippen LogP contribution in [0.2, 0.25) is 15.1 Å². The summed E-state index contributed by atoms with van der Waals surface area (Å²) >= 11 is 17.6. The van der Waals surface area contributed by atoms with E-state index in [9.17, 15) is 39.6 Å². The van der Waals surface area contributed by atoms with Gasteiger partial charge in [0.2, 0.25) is 0 Å². The number of rotatable bonds is 8. The smallest absolute Gasteiger partial charge is 0.349 e. The molecular formula is C23H20Cl3F6NO3S. The fraction of sp³-hybridized carbons (Fsp3) is 0.348. The number of allylic oxidation sites excluding steroid dienone is 1. The lowest BCUT2D eigenvalue weighted by atomic mass is 9.96. The van der Waals surface area contributed by atoms with Gasteiger partial charge in [-0.1, -0.05) is 59.1 Å². The molecule has 2 unspecified atom stereocenters. The second kappa shape index (κ2) is 11.8. The number of carbonyl (C=O) groups is 1. The van der Waals surface area contributed by atoms with Crippen molar-refractivity contribution in [2.45, 2.75) is 38.2 Å². The summed E-state index contributed by atoms with van der Waals surface area (Å²) in [6.07, 6.45) is -7.51. The minimum absolute atomic E-state index is 0.0702. The van der Waals surface area contributed by atoms with Crippen molar-refractivity contribution in [1.82, 2.24) is 5.32 Å². The van der Waals surface area contributed by atoms with Gasteiger partial charge in [0.05, 0.1) is 26.7 Å². The van der Waals surface area contributed by atoms with Gasteiger partial charge in [-0.3, -0.25) is 4.79 Å². The minimum atomic E-state index is -4.90. The lowest BCUT2D eigenvalue weighted by Gasteiger charge is -2.18. The van der Waals surface area contributed by atoms with Crippen molar-refractivity contribution in [3.8, 4) is 0 Å². The maximum Gasteiger partial charge on any atom is 0.402 e. The molecule has 0 spiro atoms. The van der Waals surface area contributed by atoms with Gasteiger partial charge in [0, 0.05) is 11.6 Å². The number of hydrogen-bond donors (Lipinski definition) is 1. The molecule has 0 radical (unpaired) electrons. The van der Waals surface area contributed by atoms with Gasteiger partial charge in [-0.2, -0.15) is 26.3 Å². The molecule has 0 aromatic heterocycles. The van der Waals surface area contributed by atoms with E-state index in [1.807, 2.05) is 0 Å². The van der Waals surface area contributed by atoms with Crippen molar-refractivity contribution in [2.75, 3.05) is 11.5 Å². The predicted molar refractivity (Wildman–Crippen MR) is 132 cm³/mol. The summed E-state index contributed by atoms with van der Waals surface area (Å²) in [5.74, 6) is -5.74. The number of amides is 1. The van der Waals surface area contributed by atoms with Crippen LogP contribution < -0.4 is 5.32 Å². The molecule has 0 bridgehead atoms. The van der Waals surface area contributed by atoms with Crippen LogP contribution >= 0.6 is 34.8 Å². The van der Waals surface area contributed by atoms with Crippen LogP contribution in [-0.4, -0.2) is 44.2 Å². The summed E-state index contributed by atoms with van der Waals surface area (Å²) in [7, 11) is -4.51. The third-order valence-corrected chi connectivity index (χ3v) is 7.93. The number of alkyl halides is 6. The fourth-order valence-corrected chi connectivity index (χ4v) is 5.52. The van der Waals surface area contributed by atoms with Gasteiger partial charge in [0.25, 0.3) is 5.91 Å². The molecule has 1 amide bonds. The van der Waals surface area contributed by atoms with E-state index in [0.717, 1.165) is 18.2 Å². The van der Waals surface area contributed by atoms with Crippen LogP contribution in [0.3, 0.4) is 0 Å². The number of benzene rings is 2. The first-order chi connectivity index (χ1) is 16.8. The average molecular weight is 611 g/mol. The zero-order valence-corrected chi connectivity index (χ0v) is 22.2. The molecule has 1 N–H and O–H groups in total. The molecule has 14 heteroatoms. The minimum Gasteiger partial charge on any atom is -0.349 e. The highest BCUT2D eigenvalue weighted by atomic mass is 35.5. The first-order valence-corrected chi connectivity index (χ1v) is 13.3. The molecule has 0 aliphatic heterocycles. The third kappa shape index (κ3) is 9.38. The molecule has 37 heavy (non-hydrogen) atoms. The van der Waals surface area contributed by atoms with E-state index >= 15 is 0 Å². The molecule has 0 heterocycles. The molecule has 0 fully saturated rings. The Morgan fingerprint density at radius 2 is 1.59 bits per heavy atom. The quantitative estimate of drug-likeness (QED) is 0.250. The van der Waals surface area contributed by atoms with Crippen LogP contribution in [0, 0.1) is 6.92 Å². The van der Waals surface area contributed by atoms with Crippen LogP contribution in [-0.2, 0) is 9.84 Å². The second-order valence-electron chi connectivity index (χ2n) is 8.30. The molecule has 2 aromatic rings. The highest BCUT2D eigenvalue weighted by Gasteiger charge is 2.39. The van der Waals surface area contributed by atoms with Crippen molar-refractivity contribution in [3.63, 3.8) is 0 Å². The van der Waals surface area contributed by atoms with Gasteiger partial charge in [0.15, 0.2) is 9.84 Å². The summed E-state index contributed by atoms with van der Waals surface area (Å²) < 4.78 is 102. The maximum atomic E-state index is 13.7. The fourth-order valence-electron chi connectivity index (χ4n) is 3.45. The Morgan fingerprint density at radius 1 is 1.03 bits per heavy atom. The van der Waals surface area contributed by atoms with E-state index in [-0.39, 0.29) is 26.2 Å². The van der Waals surface area contributed by atoms with Crippen LogP contribution in [0.5, 0.6) is 0 Å². The van der Waals surface area contributed by atoms with Gasteiger partial charge >= 0.3 is 12.4 Å². The van der Waals surface area contributed by atoms with Crippen LogP contribution in [0.4, 0.5) is 26.3 Å². The Labute approximate surface area is 224 Å². The summed E-state index contributed by atoms with van der Waals surface area (Å²) in [6.45, 7) is 2.74. The number of nitrogens with one attached hydrogen (secondary N) is 1. The first-order valence-electron chi connectivity index (χ1n) is 10.4. The summed E-state index contributed by atoms with van der Waals surface area (Å²) in [5.41, 5.74) is 0.493. The maximum absolute atomic E-state index is 13.7. The van der Waals surface area contributed by atoms with Crippen molar-refractivity contribution in [3.05, 3.63) is 73.7 Å². The van der Waals surface area contributed by atoms with Crippen LogP contribution in [0.15, 0.2) is 36.4 Å². The number of hydrogen-bond acceptors (Lipinski definition) is 3. The molecule has 2 rings (SSSR count). The number of aryl methyl sites for hydroxylation is 1. The van der Waals surface area contributed by atoms with Gasteiger partial charge in [-0.15, -0.1) is 0 Å².